The molecular weight excluding hydrogens is 286 g/mol. The van der Waals surface area contributed by atoms with E-state index in [0.29, 0.717) is 16.8 Å². The van der Waals surface area contributed by atoms with E-state index in [-0.39, 0.29) is 0 Å². The number of aryl methyl sites for hydroxylation is 1. The molecule has 1 aliphatic rings. The summed E-state index contributed by atoms with van der Waals surface area (Å²) in [5, 5.41) is 10.2. The van der Waals surface area contributed by atoms with Crippen LogP contribution in [0.25, 0.3) is 10.2 Å². The molecule has 2 aromatic heterocycles. The number of fused-ring (bicyclic) bond motifs is 1. The number of aromatic carboxylic acids is 1. The van der Waals surface area contributed by atoms with Crippen LogP contribution >= 0.6 is 11.3 Å². The van der Waals surface area contributed by atoms with Crippen molar-refractivity contribution in [3.05, 3.63) is 16.8 Å². The molecule has 1 saturated heterocycles. The van der Waals surface area contributed by atoms with Crippen molar-refractivity contribution in [2.45, 2.75) is 39.7 Å². The van der Waals surface area contributed by atoms with Crippen molar-refractivity contribution in [1.82, 2.24) is 9.97 Å². The zero-order valence-corrected chi connectivity index (χ0v) is 13.3. The highest BCUT2D eigenvalue weighted by molar-refractivity contribution is 7.20. The van der Waals surface area contributed by atoms with E-state index in [2.05, 4.69) is 28.7 Å². The maximum Gasteiger partial charge on any atom is 0.346 e. The first kappa shape index (κ1) is 14.3. The number of carboxylic acid groups (broad SMARTS) is 1. The molecule has 0 spiro atoms. The Kier molecular flexibility index (Phi) is 3.57. The molecule has 6 heteroatoms. The van der Waals surface area contributed by atoms with Crippen LogP contribution in [0, 0.1) is 12.8 Å². The van der Waals surface area contributed by atoms with Crippen molar-refractivity contribution in [2.24, 2.45) is 5.92 Å². The van der Waals surface area contributed by atoms with Crippen molar-refractivity contribution >= 4 is 33.3 Å². The van der Waals surface area contributed by atoms with Gasteiger partial charge in [0.25, 0.3) is 0 Å². The zero-order valence-electron chi connectivity index (χ0n) is 12.5. The first-order chi connectivity index (χ1) is 9.99. The quantitative estimate of drug-likeness (QED) is 0.922. The highest BCUT2D eigenvalue weighted by atomic mass is 32.1. The van der Waals surface area contributed by atoms with Crippen molar-refractivity contribution in [3.8, 4) is 0 Å². The smallest absolute Gasteiger partial charge is 0.346 e. The van der Waals surface area contributed by atoms with Gasteiger partial charge in [0.15, 0.2) is 0 Å². The van der Waals surface area contributed by atoms with Gasteiger partial charge in [-0.3, -0.25) is 0 Å². The molecule has 0 aliphatic carbocycles. The number of nitrogens with zero attached hydrogens (tertiary/aromatic N) is 3. The molecule has 1 fully saturated rings. The molecule has 2 atom stereocenters. The predicted molar refractivity (Wildman–Crippen MR) is 84.3 cm³/mol. The average Bonchev–Trinajstić information content (AvgIpc) is 2.79. The third kappa shape index (κ3) is 2.37. The van der Waals surface area contributed by atoms with E-state index in [4.69, 9.17) is 0 Å². The molecule has 1 aliphatic heterocycles. The van der Waals surface area contributed by atoms with Crippen molar-refractivity contribution in [1.29, 1.82) is 0 Å². The van der Waals surface area contributed by atoms with Crippen LogP contribution in [-0.4, -0.2) is 33.6 Å². The number of carboxylic acids is 1. The summed E-state index contributed by atoms with van der Waals surface area (Å²) in [6, 6.07) is 0.423. The van der Waals surface area contributed by atoms with Gasteiger partial charge in [-0.25, -0.2) is 14.8 Å². The highest BCUT2D eigenvalue weighted by Gasteiger charge is 2.27. The molecule has 0 amide bonds. The molecule has 2 aromatic rings. The van der Waals surface area contributed by atoms with Crippen molar-refractivity contribution in [3.63, 3.8) is 0 Å². The van der Waals surface area contributed by atoms with Gasteiger partial charge in [-0.2, -0.15) is 0 Å². The molecule has 0 saturated carbocycles. The molecule has 0 aromatic carbocycles. The Morgan fingerprint density at radius 3 is 2.86 bits per heavy atom. The second kappa shape index (κ2) is 5.26. The lowest BCUT2D eigenvalue weighted by atomic mass is 9.95. The number of rotatable bonds is 2. The van der Waals surface area contributed by atoms with Crippen LogP contribution < -0.4 is 4.90 Å². The lowest BCUT2D eigenvalue weighted by Crippen LogP contribution is -2.41. The molecule has 21 heavy (non-hydrogen) atoms. The topological polar surface area (TPSA) is 66.3 Å². The van der Waals surface area contributed by atoms with Gasteiger partial charge in [-0.15, -0.1) is 11.3 Å². The van der Waals surface area contributed by atoms with Crippen LogP contribution in [0.3, 0.4) is 0 Å². The van der Waals surface area contributed by atoms with Crippen LogP contribution in [0.15, 0.2) is 6.33 Å². The molecule has 0 bridgehead atoms. The number of aromatic nitrogens is 2. The van der Waals surface area contributed by atoms with Gasteiger partial charge in [0.2, 0.25) is 0 Å². The SMILES string of the molecule is Cc1c(C(=O)O)sc2ncnc(N3CC(C)CCC3C)c12. The highest BCUT2D eigenvalue weighted by Crippen LogP contribution is 2.37. The fraction of sp³-hybridized carbons (Fsp3) is 0.533. The predicted octanol–water partition coefficient (Wildman–Crippen LogP) is 3.32. The maximum absolute atomic E-state index is 11.3. The van der Waals surface area contributed by atoms with Crippen LogP contribution in [0.2, 0.25) is 0 Å². The Bertz CT molecular complexity index is 698. The standard InChI is InChI=1S/C15H19N3O2S/c1-8-4-5-9(2)18(6-8)13-11-10(3)12(15(19)20)21-14(11)17-7-16-13/h7-9H,4-6H2,1-3H3,(H,19,20). The largest absolute Gasteiger partial charge is 0.477 e. The van der Waals surface area contributed by atoms with Gasteiger partial charge in [0.05, 0.1) is 5.39 Å². The molecule has 112 valence electrons. The second-order valence-corrected chi connectivity index (χ2v) is 6.92. The lowest BCUT2D eigenvalue weighted by molar-refractivity contribution is 0.0701. The molecule has 2 unspecified atom stereocenters. The minimum absolute atomic E-state index is 0.365. The van der Waals surface area contributed by atoms with E-state index in [1.54, 1.807) is 6.33 Å². The Morgan fingerprint density at radius 2 is 2.14 bits per heavy atom. The van der Waals surface area contributed by atoms with Crippen LogP contribution in [0.4, 0.5) is 5.82 Å². The average molecular weight is 305 g/mol. The number of piperidine rings is 1. The summed E-state index contributed by atoms with van der Waals surface area (Å²) >= 11 is 1.23. The third-order valence-corrected chi connectivity index (χ3v) is 5.48. The fourth-order valence-corrected chi connectivity index (χ4v) is 4.04. The molecule has 0 radical (unpaired) electrons. The van der Waals surface area contributed by atoms with Gasteiger partial charge in [-0.1, -0.05) is 6.92 Å². The summed E-state index contributed by atoms with van der Waals surface area (Å²) in [6.45, 7) is 7.28. The van der Waals surface area contributed by atoms with Crippen LogP contribution in [0.1, 0.15) is 41.9 Å². The Hall–Kier alpha value is -1.69. The van der Waals surface area contributed by atoms with Gasteiger partial charge < -0.3 is 10.0 Å². The number of hydrogen-bond donors (Lipinski definition) is 1. The summed E-state index contributed by atoms with van der Waals surface area (Å²) in [6.07, 6.45) is 3.92. The Balaban J connectivity index is 2.16. The lowest BCUT2D eigenvalue weighted by Gasteiger charge is -2.38. The first-order valence-electron chi connectivity index (χ1n) is 7.23. The number of carbonyl (C=O) groups is 1. The zero-order chi connectivity index (χ0) is 15.1. The molecule has 1 N–H and O–H groups in total. The van der Waals surface area contributed by atoms with Gasteiger partial charge >= 0.3 is 5.97 Å². The van der Waals surface area contributed by atoms with Gasteiger partial charge in [0, 0.05) is 12.6 Å². The minimum Gasteiger partial charge on any atom is -0.477 e. The number of anilines is 1. The van der Waals surface area contributed by atoms with E-state index in [9.17, 15) is 9.90 Å². The summed E-state index contributed by atoms with van der Waals surface area (Å²) in [7, 11) is 0. The Morgan fingerprint density at radius 1 is 1.38 bits per heavy atom. The first-order valence-corrected chi connectivity index (χ1v) is 8.04. The van der Waals surface area contributed by atoms with E-state index in [1.807, 2.05) is 6.92 Å². The fourth-order valence-electron chi connectivity index (χ4n) is 3.06. The van der Waals surface area contributed by atoms with Crippen molar-refractivity contribution < 1.29 is 9.90 Å². The summed E-state index contributed by atoms with van der Waals surface area (Å²) < 4.78 is 0. The second-order valence-electron chi connectivity index (χ2n) is 5.92. The maximum atomic E-state index is 11.3. The Labute approximate surface area is 127 Å². The van der Waals surface area contributed by atoms with E-state index >= 15 is 0 Å². The van der Waals surface area contributed by atoms with Gasteiger partial charge in [0.1, 0.15) is 21.9 Å². The van der Waals surface area contributed by atoms with Crippen LogP contribution in [-0.2, 0) is 0 Å². The molecule has 3 rings (SSSR count). The monoisotopic (exact) mass is 305 g/mol. The summed E-state index contributed by atoms with van der Waals surface area (Å²) in [4.78, 5) is 23.5. The van der Waals surface area contributed by atoms with Crippen LogP contribution in [0.5, 0.6) is 0 Å². The third-order valence-electron chi connectivity index (χ3n) is 4.29. The normalized spacial score (nSPS) is 22.7. The van der Waals surface area contributed by atoms with Gasteiger partial charge in [-0.05, 0) is 38.2 Å². The number of hydrogen-bond acceptors (Lipinski definition) is 5. The minimum atomic E-state index is -0.887. The molecule has 5 nitrogen and oxygen atoms in total. The number of thiophene rings is 1. The van der Waals surface area contributed by atoms with E-state index in [1.165, 1.54) is 17.8 Å². The van der Waals surface area contributed by atoms with Crippen molar-refractivity contribution in [2.75, 3.05) is 11.4 Å². The summed E-state index contributed by atoms with van der Waals surface area (Å²) in [5.74, 6) is 0.630. The van der Waals surface area contributed by atoms with E-state index < -0.39 is 5.97 Å². The van der Waals surface area contributed by atoms with E-state index in [0.717, 1.165) is 34.6 Å². The molecule has 3 heterocycles. The summed E-state index contributed by atoms with van der Waals surface area (Å²) in [5.41, 5.74) is 0.781. The molecular formula is C15H19N3O2S.